The standard InChI is InChI=1S/C9H18N2O3S/c12-5-6-14-9(13)10-1-2-11-3-7-15-8-4-11/h12H,1-8H2,(H,10,13). The van der Waals surface area contributed by atoms with Gasteiger partial charge in [-0.2, -0.15) is 11.8 Å². The second-order valence-corrected chi connectivity index (χ2v) is 4.47. The Kier molecular flexibility index (Phi) is 6.54. The number of carbonyl (C=O) groups excluding carboxylic acids is 1. The molecule has 0 aromatic rings. The molecule has 1 amide bonds. The van der Waals surface area contributed by atoms with Crippen molar-refractivity contribution in [3.05, 3.63) is 0 Å². The molecule has 0 saturated carbocycles. The van der Waals surface area contributed by atoms with Gasteiger partial charge in [0.05, 0.1) is 6.61 Å². The molecule has 1 aliphatic heterocycles. The molecule has 1 rings (SSSR count). The molecule has 0 aromatic heterocycles. The van der Waals surface area contributed by atoms with Crippen LogP contribution in [0.25, 0.3) is 0 Å². The van der Waals surface area contributed by atoms with Crippen molar-refractivity contribution in [3.63, 3.8) is 0 Å². The number of rotatable bonds is 5. The Morgan fingerprint density at radius 2 is 2.20 bits per heavy atom. The number of aliphatic hydroxyl groups excluding tert-OH is 1. The van der Waals surface area contributed by atoms with E-state index in [-0.39, 0.29) is 13.2 Å². The molecule has 0 unspecified atom stereocenters. The molecule has 0 radical (unpaired) electrons. The number of ether oxygens (including phenoxy) is 1. The molecular formula is C9H18N2O3S. The molecule has 15 heavy (non-hydrogen) atoms. The highest BCUT2D eigenvalue weighted by atomic mass is 32.2. The van der Waals surface area contributed by atoms with Crippen molar-refractivity contribution in [2.45, 2.75) is 0 Å². The van der Waals surface area contributed by atoms with Gasteiger partial charge in [-0.25, -0.2) is 4.79 Å². The zero-order valence-electron chi connectivity index (χ0n) is 8.78. The van der Waals surface area contributed by atoms with Crippen LogP contribution in [0.1, 0.15) is 0 Å². The van der Waals surface area contributed by atoms with Gasteiger partial charge in [-0.1, -0.05) is 0 Å². The molecule has 0 atom stereocenters. The van der Waals surface area contributed by atoms with Crippen LogP contribution in [0.4, 0.5) is 4.79 Å². The lowest BCUT2D eigenvalue weighted by Gasteiger charge is -2.25. The number of thioether (sulfide) groups is 1. The monoisotopic (exact) mass is 234 g/mol. The normalized spacial score (nSPS) is 17.4. The molecule has 1 aliphatic rings. The molecule has 0 bridgehead atoms. The summed E-state index contributed by atoms with van der Waals surface area (Å²) < 4.78 is 4.66. The molecular weight excluding hydrogens is 216 g/mol. The van der Waals surface area contributed by atoms with Crippen LogP contribution in [-0.4, -0.2) is 67.0 Å². The van der Waals surface area contributed by atoms with Crippen LogP contribution in [0.3, 0.4) is 0 Å². The van der Waals surface area contributed by atoms with Crippen LogP contribution in [-0.2, 0) is 4.74 Å². The van der Waals surface area contributed by atoms with Crippen molar-refractivity contribution in [2.75, 3.05) is 50.9 Å². The molecule has 2 N–H and O–H groups in total. The third-order valence-electron chi connectivity index (χ3n) is 2.13. The van der Waals surface area contributed by atoms with E-state index in [0.717, 1.165) is 19.6 Å². The van der Waals surface area contributed by atoms with E-state index in [2.05, 4.69) is 15.0 Å². The summed E-state index contributed by atoms with van der Waals surface area (Å²) in [4.78, 5) is 13.3. The Labute approximate surface area is 94.2 Å². The number of amides is 1. The van der Waals surface area contributed by atoms with Gasteiger partial charge in [-0.05, 0) is 0 Å². The first-order chi connectivity index (χ1) is 7.33. The summed E-state index contributed by atoms with van der Waals surface area (Å²) in [7, 11) is 0. The Morgan fingerprint density at radius 3 is 2.87 bits per heavy atom. The maximum Gasteiger partial charge on any atom is 0.407 e. The van der Waals surface area contributed by atoms with Gasteiger partial charge in [0, 0.05) is 37.7 Å². The van der Waals surface area contributed by atoms with E-state index < -0.39 is 6.09 Å². The predicted octanol–water partition coefficient (Wildman–Crippen LogP) is -0.246. The van der Waals surface area contributed by atoms with Crippen LogP contribution in [0.15, 0.2) is 0 Å². The van der Waals surface area contributed by atoms with E-state index in [1.807, 2.05) is 11.8 Å². The Morgan fingerprint density at radius 1 is 1.47 bits per heavy atom. The Balaban J connectivity index is 1.97. The number of hydrogen-bond acceptors (Lipinski definition) is 5. The van der Waals surface area contributed by atoms with Crippen molar-refractivity contribution in [2.24, 2.45) is 0 Å². The SMILES string of the molecule is O=C(NCCN1CCSCC1)OCCO. The second kappa shape index (κ2) is 7.78. The van der Waals surface area contributed by atoms with Gasteiger partial charge in [0.1, 0.15) is 6.61 Å². The zero-order valence-corrected chi connectivity index (χ0v) is 9.59. The fraction of sp³-hybridized carbons (Fsp3) is 0.889. The van der Waals surface area contributed by atoms with Crippen LogP contribution < -0.4 is 5.32 Å². The number of hydrogen-bond donors (Lipinski definition) is 2. The van der Waals surface area contributed by atoms with E-state index in [9.17, 15) is 4.79 Å². The van der Waals surface area contributed by atoms with E-state index in [1.54, 1.807) is 0 Å². The van der Waals surface area contributed by atoms with Gasteiger partial charge in [-0.3, -0.25) is 4.90 Å². The minimum absolute atomic E-state index is 0.0617. The average molecular weight is 234 g/mol. The largest absolute Gasteiger partial charge is 0.447 e. The highest BCUT2D eigenvalue weighted by Crippen LogP contribution is 2.07. The summed E-state index contributed by atoms with van der Waals surface area (Å²) in [5, 5.41) is 11.1. The maximum absolute atomic E-state index is 11.0. The quantitative estimate of drug-likeness (QED) is 0.687. The van der Waals surface area contributed by atoms with E-state index in [4.69, 9.17) is 5.11 Å². The summed E-state index contributed by atoms with van der Waals surface area (Å²) in [6.07, 6.45) is -0.449. The van der Waals surface area contributed by atoms with Crippen molar-refractivity contribution in [3.8, 4) is 0 Å². The average Bonchev–Trinajstić information content (AvgIpc) is 2.28. The summed E-state index contributed by atoms with van der Waals surface area (Å²) >= 11 is 1.97. The van der Waals surface area contributed by atoms with E-state index in [0.29, 0.717) is 6.54 Å². The molecule has 6 heteroatoms. The minimum Gasteiger partial charge on any atom is -0.447 e. The van der Waals surface area contributed by atoms with Crippen LogP contribution in [0, 0.1) is 0 Å². The van der Waals surface area contributed by atoms with Gasteiger partial charge in [0.2, 0.25) is 0 Å². The number of aliphatic hydroxyl groups is 1. The van der Waals surface area contributed by atoms with Crippen molar-refractivity contribution in [1.29, 1.82) is 0 Å². The zero-order chi connectivity index (χ0) is 10.9. The first-order valence-electron chi connectivity index (χ1n) is 5.14. The lowest BCUT2D eigenvalue weighted by atomic mass is 10.4. The van der Waals surface area contributed by atoms with Crippen LogP contribution in [0.5, 0.6) is 0 Å². The molecule has 0 aliphatic carbocycles. The van der Waals surface area contributed by atoms with E-state index >= 15 is 0 Å². The molecule has 5 nitrogen and oxygen atoms in total. The lowest BCUT2D eigenvalue weighted by molar-refractivity contribution is 0.118. The molecule has 1 saturated heterocycles. The first-order valence-corrected chi connectivity index (χ1v) is 6.30. The summed E-state index contributed by atoms with van der Waals surface area (Å²) in [5.74, 6) is 2.35. The van der Waals surface area contributed by atoms with Gasteiger partial charge >= 0.3 is 6.09 Å². The summed E-state index contributed by atoms with van der Waals surface area (Å²) in [6, 6.07) is 0. The highest BCUT2D eigenvalue weighted by Gasteiger charge is 2.10. The van der Waals surface area contributed by atoms with Crippen molar-refractivity contribution in [1.82, 2.24) is 10.2 Å². The van der Waals surface area contributed by atoms with E-state index in [1.165, 1.54) is 11.5 Å². The smallest absolute Gasteiger partial charge is 0.407 e. The van der Waals surface area contributed by atoms with Gasteiger partial charge in [0.15, 0.2) is 0 Å². The maximum atomic E-state index is 11.0. The molecule has 0 aromatic carbocycles. The third-order valence-corrected chi connectivity index (χ3v) is 3.07. The van der Waals surface area contributed by atoms with Gasteiger partial charge in [0.25, 0.3) is 0 Å². The van der Waals surface area contributed by atoms with Crippen LogP contribution >= 0.6 is 11.8 Å². The van der Waals surface area contributed by atoms with Crippen molar-refractivity contribution >= 4 is 17.9 Å². The molecule has 88 valence electrons. The lowest BCUT2D eigenvalue weighted by Crippen LogP contribution is -2.39. The number of carbonyl (C=O) groups is 1. The molecule has 1 heterocycles. The first kappa shape index (κ1) is 12.6. The van der Waals surface area contributed by atoms with Gasteiger partial charge < -0.3 is 15.2 Å². The van der Waals surface area contributed by atoms with Crippen LogP contribution in [0.2, 0.25) is 0 Å². The fourth-order valence-corrected chi connectivity index (χ4v) is 2.31. The number of nitrogens with one attached hydrogen (secondary N) is 1. The predicted molar refractivity (Wildman–Crippen MR) is 60.2 cm³/mol. The topological polar surface area (TPSA) is 61.8 Å². The highest BCUT2D eigenvalue weighted by molar-refractivity contribution is 7.99. The minimum atomic E-state index is -0.449. The second-order valence-electron chi connectivity index (χ2n) is 3.24. The Bertz CT molecular complexity index is 186. The number of nitrogens with zero attached hydrogens (tertiary/aromatic N) is 1. The fourth-order valence-electron chi connectivity index (χ4n) is 1.33. The summed E-state index contributed by atoms with van der Waals surface area (Å²) in [5.41, 5.74) is 0. The molecule has 0 spiro atoms. The van der Waals surface area contributed by atoms with Crippen molar-refractivity contribution < 1.29 is 14.6 Å². The van der Waals surface area contributed by atoms with Gasteiger partial charge in [-0.15, -0.1) is 0 Å². The third kappa shape index (κ3) is 5.86. The molecule has 1 fully saturated rings. The number of alkyl carbamates (subject to hydrolysis) is 1. The Hall–Kier alpha value is -0.460. The summed E-state index contributed by atoms with van der Waals surface area (Å²) in [6.45, 7) is 3.60.